The molecule has 0 spiro atoms. The van der Waals surface area contributed by atoms with Crippen LogP contribution in [0.4, 0.5) is 0 Å². The van der Waals surface area contributed by atoms with E-state index in [4.69, 9.17) is 5.11 Å². The summed E-state index contributed by atoms with van der Waals surface area (Å²) in [4.78, 5) is 13.9. The summed E-state index contributed by atoms with van der Waals surface area (Å²) in [6.45, 7) is 1.12. The van der Waals surface area contributed by atoms with Crippen LogP contribution < -0.4 is 5.32 Å². The fraction of sp³-hybridized carbons (Fsp3) is 0.571. The summed E-state index contributed by atoms with van der Waals surface area (Å²) < 4.78 is 4.53. The summed E-state index contributed by atoms with van der Waals surface area (Å²) >= 11 is 0. The van der Waals surface area contributed by atoms with Crippen molar-refractivity contribution in [1.82, 2.24) is 15.5 Å². The van der Waals surface area contributed by atoms with Gasteiger partial charge in [-0.2, -0.15) is 4.98 Å². The molecule has 0 atom stereocenters. The minimum atomic E-state index is -0.799. The maximum Gasteiger partial charge on any atom is 0.304 e. The fourth-order valence-corrected chi connectivity index (χ4v) is 0.823. The maximum absolute atomic E-state index is 10.1. The van der Waals surface area contributed by atoms with Crippen LogP contribution >= 0.6 is 0 Å². The molecule has 0 amide bonds. The summed E-state index contributed by atoms with van der Waals surface area (Å²) in [5.74, 6) is -0.171. The van der Waals surface area contributed by atoms with Crippen molar-refractivity contribution in [2.45, 2.75) is 12.8 Å². The van der Waals surface area contributed by atoms with Gasteiger partial charge in [-0.1, -0.05) is 5.16 Å². The van der Waals surface area contributed by atoms with Crippen LogP contribution in [0, 0.1) is 0 Å². The molecule has 0 fully saturated rings. The van der Waals surface area contributed by atoms with E-state index in [2.05, 4.69) is 20.0 Å². The van der Waals surface area contributed by atoms with E-state index in [9.17, 15) is 4.79 Å². The molecule has 1 rings (SSSR count). The Bertz CT molecular complexity index is 247. The van der Waals surface area contributed by atoms with Gasteiger partial charge in [0, 0.05) is 19.5 Å². The van der Waals surface area contributed by atoms with Crippen molar-refractivity contribution in [2.75, 3.05) is 13.1 Å². The number of carboxylic acid groups (broad SMARTS) is 1. The smallest absolute Gasteiger partial charge is 0.304 e. The van der Waals surface area contributed by atoms with E-state index in [1.54, 1.807) is 0 Å². The normalized spacial score (nSPS) is 10.2. The van der Waals surface area contributed by atoms with Crippen molar-refractivity contribution >= 4 is 5.97 Å². The standard InChI is InChI=1S/C7H11N3O3/c11-7(12)2-4-8-3-1-6-9-5-13-10-6/h5,8H,1-4H2,(H,11,12). The van der Waals surface area contributed by atoms with Crippen molar-refractivity contribution in [2.24, 2.45) is 0 Å². The maximum atomic E-state index is 10.1. The first-order chi connectivity index (χ1) is 6.29. The molecule has 0 aliphatic carbocycles. The third-order valence-electron chi connectivity index (χ3n) is 1.45. The molecule has 72 valence electrons. The molecule has 2 N–H and O–H groups in total. The highest BCUT2D eigenvalue weighted by atomic mass is 16.5. The Hall–Kier alpha value is -1.43. The Balaban J connectivity index is 1.99. The van der Waals surface area contributed by atoms with Gasteiger partial charge in [-0.3, -0.25) is 4.79 Å². The van der Waals surface area contributed by atoms with E-state index in [0.29, 0.717) is 25.3 Å². The topological polar surface area (TPSA) is 88.2 Å². The van der Waals surface area contributed by atoms with Gasteiger partial charge >= 0.3 is 5.97 Å². The second-order valence-corrected chi connectivity index (χ2v) is 2.49. The lowest BCUT2D eigenvalue weighted by Gasteiger charge is -1.98. The van der Waals surface area contributed by atoms with Gasteiger partial charge in [-0.25, -0.2) is 0 Å². The van der Waals surface area contributed by atoms with Crippen LogP contribution in [0.5, 0.6) is 0 Å². The number of aliphatic carboxylic acids is 1. The van der Waals surface area contributed by atoms with E-state index >= 15 is 0 Å². The largest absolute Gasteiger partial charge is 0.481 e. The number of hydrogen-bond acceptors (Lipinski definition) is 5. The van der Waals surface area contributed by atoms with Crippen LogP contribution in [0.2, 0.25) is 0 Å². The number of aromatic nitrogens is 2. The minimum Gasteiger partial charge on any atom is -0.481 e. The summed E-state index contributed by atoms with van der Waals surface area (Å²) in [6, 6.07) is 0. The van der Waals surface area contributed by atoms with Crippen molar-refractivity contribution < 1.29 is 14.4 Å². The van der Waals surface area contributed by atoms with E-state index < -0.39 is 5.97 Å². The SMILES string of the molecule is O=C(O)CCNCCc1ncon1. The van der Waals surface area contributed by atoms with E-state index in [0.717, 1.165) is 0 Å². The van der Waals surface area contributed by atoms with Crippen LogP contribution in [-0.2, 0) is 11.2 Å². The van der Waals surface area contributed by atoms with E-state index in [1.165, 1.54) is 6.39 Å². The summed E-state index contributed by atoms with van der Waals surface area (Å²) in [7, 11) is 0. The Kier molecular flexibility index (Phi) is 3.90. The van der Waals surface area contributed by atoms with Gasteiger partial charge in [0.1, 0.15) is 0 Å². The number of hydrogen-bond donors (Lipinski definition) is 2. The summed E-state index contributed by atoms with van der Waals surface area (Å²) in [5, 5.41) is 14.9. The van der Waals surface area contributed by atoms with Crippen molar-refractivity contribution in [3.05, 3.63) is 12.2 Å². The number of nitrogens with zero attached hydrogens (tertiary/aromatic N) is 2. The monoisotopic (exact) mass is 185 g/mol. The second-order valence-electron chi connectivity index (χ2n) is 2.49. The molecular weight excluding hydrogens is 174 g/mol. The van der Waals surface area contributed by atoms with Gasteiger partial charge in [0.05, 0.1) is 6.42 Å². The Morgan fingerprint density at radius 2 is 2.46 bits per heavy atom. The average molecular weight is 185 g/mol. The molecule has 0 radical (unpaired) electrons. The predicted molar refractivity (Wildman–Crippen MR) is 43.1 cm³/mol. The summed E-state index contributed by atoms with van der Waals surface area (Å²) in [6.07, 6.45) is 2.05. The van der Waals surface area contributed by atoms with E-state index in [-0.39, 0.29) is 6.42 Å². The molecule has 0 bridgehead atoms. The van der Waals surface area contributed by atoms with Gasteiger partial charge < -0.3 is 14.9 Å². The predicted octanol–water partition coefficient (Wildman–Crippen LogP) is -0.324. The van der Waals surface area contributed by atoms with Gasteiger partial charge in [0.15, 0.2) is 5.82 Å². The quantitative estimate of drug-likeness (QED) is 0.590. The van der Waals surface area contributed by atoms with Gasteiger partial charge in [0.25, 0.3) is 0 Å². The van der Waals surface area contributed by atoms with Gasteiger partial charge in [-0.05, 0) is 0 Å². The highest BCUT2D eigenvalue weighted by molar-refractivity contribution is 5.66. The second kappa shape index (κ2) is 5.26. The number of nitrogens with one attached hydrogen (secondary N) is 1. The highest BCUT2D eigenvalue weighted by Gasteiger charge is 1.98. The molecule has 1 aromatic heterocycles. The van der Waals surface area contributed by atoms with Crippen molar-refractivity contribution in [1.29, 1.82) is 0 Å². The van der Waals surface area contributed by atoms with Gasteiger partial charge in [-0.15, -0.1) is 0 Å². The van der Waals surface area contributed by atoms with Crippen LogP contribution in [0.25, 0.3) is 0 Å². The van der Waals surface area contributed by atoms with Crippen molar-refractivity contribution in [3.63, 3.8) is 0 Å². The Labute approximate surface area is 74.9 Å². The molecule has 1 heterocycles. The molecule has 1 aromatic rings. The molecule has 0 saturated carbocycles. The zero-order valence-corrected chi connectivity index (χ0v) is 7.06. The molecule has 6 heteroatoms. The molecule has 0 aromatic carbocycles. The highest BCUT2D eigenvalue weighted by Crippen LogP contribution is 1.87. The van der Waals surface area contributed by atoms with E-state index in [1.807, 2.05) is 0 Å². The lowest BCUT2D eigenvalue weighted by molar-refractivity contribution is -0.136. The van der Waals surface area contributed by atoms with Crippen LogP contribution in [-0.4, -0.2) is 34.3 Å². The van der Waals surface area contributed by atoms with Crippen molar-refractivity contribution in [3.8, 4) is 0 Å². The number of carbonyl (C=O) groups is 1. The van der Waals surface area contributed by atoms with Crippen LogP contribution in [0.1, 0.15) is 12.2 Å². The van der Waals surface area contributed by atoms with Crippen LogP contribution in [0.15, 0.2) is 10.9 Å². The third kappa shape index (κ3) is 4.22. The Morgan fingerprint density at radius 3 is 3.08 bits per heavy atom. The summed E-state index contributed by atoms with van der Waals surface area (Å²) in [5.41, 5.74) is 0. The fourth-order valence-electron chi connectivity index (χ4n) is 0.823. The molecule has 6 nitrogen and oxygen atoms in total. The zero-order valence-electron chi connectivity index (χ0n) is 7.06. The average Bonchev–Trinajstić information content (AvgIpc) is 2.55. The molecular formula is C7H11N3O3. The molecule has 0 aliphatic heterocycles. The first-order valence-corrected chi connectivity index (χ1v) is 3.97. The molecule has 0 unspecified atom stereocenters. The third-order valence-corrected chi connectivity index (χ3v) is 1.45. The lowest BCUT2D eigenvalue weighted by atomic mass is 10.4. The first kappa shape index (κ1) is 9.66. The number of carboxylic acids is 1. The van der Waals surface area contributed by atoms with Crippen LogP contribution in [0.3, 0.4) is 0 Å². The molecule has 0 aliphatic rings. The Morgan fingerprint density at radius 1 is 1.62 bits per heavy atom. The lowest BCUT2D eigenvalue weighted by Crippen LogP contribution is -2.21. The minimum absolute atomic E-state index is 0.131. The molecule has 0 saturated heterocycles. The van der Waals surface area contributed by atoms with Gasteiger partial charge in [0.2, 0.25) is 6.39 Å². The zero-order chi connectivity index (χ0) is 9.52. The molecule has 13 heavy (non-hydrogen) atoms. The number of rotatable bonds is 6. The first-order valence-electron chi connectivity index (χ1n) is 3.97.